The van der Waals surface area contributed by atoms with Crippen LogP contribution in [0.5, 0.6) is 0 Å². The molecule has 0 aliphatic carbocycles. The van der Waals surface area contributed by atoms with Gasteiger partial charge < -0.3 is 5.32 Å². The van der Waals surface area contributed by atoms with Crippen LogP contribution in [0.2, 0.25) is 0 Å². The highest BCUT2D eigenvalue weighted by Crippen LogP contribution is 2.29. The first kappa shape index (κ1) is 14.8. The van der Waals surface area contributed by atoms with Crippen LogP contribution < -0.4 is 5.32 Å². The lowest BCUT2D eigenvalue weighted by molar-refractivity contribution is -0.137. The van der Waals surface area contributed by atoms with Gasteiger partial charge in [-0.2, -0.15) is 13.2 Å². The number of hydrogen-bond acceptors (Lipinski definition) is 3. The topological polar surface area (TPSA) is 18.5 Å². The van der Waals surface area contributed by atoms with Gasteiger partial charge in [-0.25, -0.2) is 0 Å². The first-order chi connectivity index (χ1) is 10.0. The zero-order valence-corrected chi connectivity index (χ0v) is 11.9. The predicted molar refractivity (Wildman–Crippen MR) is 75.0 cm³/mol. The number of likely N-dealkylation sites (tertiary alicyclic amines) is 1. The Morgan fingerprint density at radius 2 is 1.67 bits per heavy atom. The summed E-state index contributed by atoms with van der Waals surface area (Å²) >= 11 is 0. The molecule has 0 bridgehead atoms. The molecule has 2 aliphatic rings. The van der Waals surface area contributed by atoms with Crippen molar-refractivity contribution in [3.63, 3.8) is 0 Å². The Morgan fingerprint density at radius 3 is 2.24 bits per heavy atom. The number of nitrogens with zero attached hydrogens (tertiary/aromatic N) is 2. The van der Waals surface area contributed by atoms with E-state index in [1.807, 2.05) is 0 Å². The summed E-state index contributed by atoms with van der Waals surface area (Å²) in [5.74, 6) is 0. The minimum absolute atomic E-state index is 0.575. The van der Waals surface area contributed by atoms with Crippen LogP contribution in [0, 0.1) is 0 Å². The van der Waals surface area contributed by atoms with Gasteiger partial charge in [-0.3, -0.25) is 9.80 Å². The smallest absolute Gasteiger partial charge is 0.314 e. The highest BCUT2D eigenvalue weighted by molar-refractivity contribution is 5.24. The Balaban J connectivity index is 1.48. The average molecular weight is 299 g/mol. The van der Waals surface area contributed by atoms with Gasteiger partial charge in [0.15, 0.2) is 0 Å². The first-order valence-electron chi connectivity index (χ1n) is 7.35. The molecule has 21 heavy (non-hydrogen) atoms. The Labute approximate surface area is 122 Å². The van der Waals surface area contributed by atoms with Crippen LogP contribution in [-0.2, 0) is 12.7 Å². The summed E-state index contributed by atoms with van der Waals surface area (Å²) in [4.78, 5) is 4.79. The van der Waals surface area contributed by atoms with Crippen molar-refractivity contribution in [2.75, 3.05) is 39.3 Å². The summed E-state index contributed by atoms with van der Waals surface area (Å²) in [7, 11) is 0. The van der Waals surface area contributed by atoms with E-state index in [9.17, 15) is 13.2 Å². The Morgan fingerprint density at radius 1 is 1.05 bits per heavy atom. The number of piperazine rings is 1. The average Bonchev–Trinajstić information content (AvgIpc) is 2.43. The summed E-state index contributed by atoms with van der Waals surface area (Å²) in [6, 6.07) is 6.12. The fourth-order valence-corrected chi connectivity index (χ4v) is 3.01. The maximum atomic E-state index is 12.5. The van der Waals surface area contributed by atoms with Crippen LogP contribution in [0.3, 0.4) is 0 Å². The molecule has 2 heterocycles. The summed E-state index contributed by atoms with van der Waals surface area (Å²) in [6.45, 7) is 7.06. The van der Waals surface area contributed by atoms with Crippen molar-refractivity contribution in [2.45, 2.75) is 18.8 Å². The summed E-state index contributed by atoms with van der Waals surface area (Å²) in [5, 5.41) is 3.34. The molecule has 1 aromatic carbocycles. The van der Waals surface area contributed by atoms with Gasteiger partial charge in [0.1, 0.15) is 0 Å². The van der Waals surface area contributed by atoms with Gasteiger partial charge in [0.2, 0.25) is 0 Å². The summed E-state index contributed by atoms with van der Waals surface area (Å²) in [6.07, 6.45) is -4.25. The van der Waals surface area contributed by atoms with Crippen LogP contribution in [0.4, 0.5) is 13.2 Å². The molecule has 0 saturated carbocycles. The Hall–Kier alpha value is -1.11. The zero-order chi connectivity index (χ0) is 14.9. The SMILES string of the molecule is FC(F)(F)c1ccc(CN2CC(N3CCNCC3)C2)cc1. The van der Waals surface area contributed by atoms with Crippen molar-refractivity contribution in [2.24, 2.45) is 0 Å². The highest BCUT2D eigenvalue weighted by Gasteiger charge is 2.33. The van der Waals surface area contributed by atoms with Gasteiger partial charge in [-0.1, -0.05) is 12.1 Å². The second kappa shape index (κ2) is 5.94. The van der Waals surface area contributed by atoms with Crippen LogP contribution in [0.15, 0.2) is 24.3 Å². The molecule has 0 radical (unpaired) electrons. The standard InChI is InChI=1S/C15H20F3N3/c16-15(17,18)13-3-1-12(2-4-13)9-20-10-14(11-20)21-7-5-19-6-8-21/h1-4,14,19H,5-11H2. The molecule has 0 amide bonds. The van der Waals surface area contributed by atoms with Crippen molar-refractivity contribution in [3.8, 4) is 0 Å². The molecule has 2 fully saturated rings. The number of hydrogen-bond donors (Lipinski definition) is 1. The summed E-state index contributed by atoms with van der Waals surface area (Å²) in [5.41, 5.74) is 0.371. The molecule has 3 nitrogen and oxygen atoms in total. The molecule has 3 rings (SSSR count). The third-order valence-corrected chi connectivity index (χ3v) is 4.29. The first-order valence-corrected chi connectivity index (χ1v) is 7.35. The van der Waals surface area contributed by atoms with E-state index >= 15 is 0 Å². The fraction of sp³-hybridized carbons (Fsp3) is 0.600. The molecular weight excluding hydrogens is 279 g/mol. The molecule has 6 heteroatoms. The van der Waals surface area contributed by atoms with Crippen molar-refractivity contribution < 1.29 is 13.2 Å². The van der Waals surface area contributed by atoms with E-state index in [1.54, 1.807) is 12.1 Å². The molecule has 1 N–H and O–H groups in total. The van der Waals surface area contributed by atoms with Crippen molar-refractivity contribution in [3.05, 3.63) is 35.4 Å². The largest absolute Gasteiger partial charge is 0.416 e. The third-order valence-electron chi connectivity index (χ3n) is 4.29. The van der Waals surface area contributed by atoms with Crippen LogP contribution in [0.1, 0.15) is 11.1 Å². The van der Waals surface area contributed by atoms with Crippen LogP contribution in [0.25, 0.3) is 0 Å². The lowest BCUT2D eigenvalue weighted by atomic mass is 10.0. The molecule has 2 aliphatic heterocycles. The zero-order valence-electron chi connectivity index (χ0n) is 11.9. The molecule has 1 aromatic rings. The maximum absolute atomic E-state index is 12.5. The molecule has 0 atom stereocenters. The number of rotatable bonds is 3. The molecule has 0 unspecified atom stereocenters. The Kier molecular flexibility index (Phi) is 4.19. The van der Waals surface area contributed by atoms with Crippen molar-refractivity contribution >= 4 is 0 Å². The number of benzene rings is 1. The molecule has 116 valence electrons. The highest BCUT2D eigenvalue weighted by atomic mass is 19.4. The van der Waals surface area contributed by atoms with Gasteiger partial charge >= 0.3 is 6.18 Å². The minimum atomic E-state index is -4.25. The van der Waals surface area contributed by atoms with E-state index in [4.69, 9.17) is 0 Å². The molecule has 0 spiro atoms. The minimum Gasteiger partial charge on any atom is -0.314 e. The van der Waals surface area contributed by atoms with Gasteiger partial charge in [0, 0.05) is 51.9 Å². The van der Waals surface area contributed by atoms with Crippen LogP contribution >= 0.6 is 0 Å². The fourth-order valence-electron chi connectivity index (χ4n) is 3.01. The van der Waals surface area contributed by atoms with E-state index in [1.165, 1.54) is 12.1 Å². The van der Waals surface area contributed by atoms with E-state index in [0.29, 0.717) is 6.04 Å². The van der Waals surface area contributed by atoms with E-state index < -0.39 is 11.7 Å². The molecular formula is C15H20F3N3. The van der Waals surface area contributed by atoms with Gasteiger partial charge in [0.25, 0.3) is 0 Å². The number of nitrogens with one attached hydrogen (secondary N) is 1. The second-order valence-corrected chi connectivity index (χ2v) is 5.83. The Bertz CT molecular complexity index is 460. The van der Waals surface area contributed by atoms with Gasteiger partial charge in [-0.15, -0.1) is 0 Å². The van der Waals surface area contributed by atoms with Gasteiger partial charge in [-0.05, 0) is 17.7 Å². The van der Waals surface area contributed by atoms with Gasteiger partial charge in [0.05, 0.1) is 5.56 Å². The molecule has 2 saturated heterocycles. The van der Waals surface area contributed by atoms with Crippen molar-refractivity contribution in [1.82, 2.24) is 15.1 Å². The third kappa shape index (κ3) is 3.56. The van der Waals surface area contributed by atoms with E-state index in [2.05, 4.69) is 15.1 Å². The van der Waals surface area contributed by atoms with Crippen molar-refractivity contribution in [1.29, 1.82) is 0 Å². The lowest BCUT2D eigenvalue weighted by Crippen LogP contribution is -2.62. The summed E-state index contributed by atoms with van der Waals surface area (Å²) < 4.78 is 37.5. The number of alkyl halides is 3. The van der Waals surface area contributed by atoms with Crippen LogP contribution in [-0.4, -0.2) is 55.1 Å². The lowest BCUT2D eigenvalue weighted by Gasteiger charge is -2.46. The van der Waals surface area contributed by atoms with E-state index in [-0.39, 0.29) is 0 Å². The molecule has 0 aromatic heterocycles. The number of halogens is 3. The second-order valence-electron chi connectivity index (χ2n) is 5.83. The predicted octanol–water partition coefficient (Wildman–Crippen LogP) is 1.79. The van der Waals surface area contributed by atoms with E-state index in [0.717, 1.165) is 51.4 Å². The monoisotopic (exact) mass is 299 g/mol. The normalized spacial score (nSPS) is 22.2. The maximum Gasteiger partial charge on any atom is 0.416 e. The quantitative estimate of drug-likeness (QED) is 0.918.